The molecule has 1 N–H and O–H groups in total. The number of hydrogen-bond acceptors (Lipinski definition) is 7. The lowest BCUT2D eigenvalue weighted by Crippen LogP contribution is -2.19. The third kappa shape index (κ3) is 4.22. The Morgan fingerprint density at radius 1 is 1.26 bits per heavy atom. The number of amides is 1. The molecule has 9 nitrogen and oxygen atoms in total. The first kappa shape index (κ1) is 22.0. The molecule has 1 aliphatic rings. The predicted octanol–water partition coefficient (Wildman–Crippen LogP) is 4.34. The molecular weight excluding hydrogens is 450 g/mol. The van der Waals surface area contributed by atoms with E-state index in [4.69, 9.17) is 4.42 Å². The van der Waals surface area contributed by atoms with Gasteiger partial charge in [0.05, 0.1) is 24.1 Å². The summed E-state index contributed by atoms with van der Waals surface area (Å²) in [6, 6.07) is 10.1. The number of rotatable bonds is 8. The van der Waals surface area contributed by atoms with Crippen LogP contribution in [0.3, 0.4) is 0 Å². The first-order chi connectivity index (χ1) is 16.6. The topological polar surface area (TPSA) is 115 Å². The highest BCUT2D eigenvalue weighted by atomic mass is 32.2. The summed E-state index contributed by atoms with van der Waals surface area (Å²) in [5.41, 5.74) is 3.16. The van der Waals surface area contributed by atoms with Crippen LogP contribution >= 0.6 is 11.8 Å². The van der Waals surface area contributed by atoms with Gasteiger partial charge in [0.25, 0.3) is 0 Å². The van der Waals surface area contributed by atoms with Crippen LogP contribution in [-0.4, -0.2) is 36.0 Å². The molecule has 0 bridgehead atoms. The van der Waals surface area contributed by atoms with Gasteiger partial charge in [-0.05, 0) is 56.5 Å². The molecule has 0 unspecified atom stereocenters. The number of pyridine rings is 1. The highest BCUT2D eigenvalue weighted by molar-refractivity contribution is 7.99. The van der Waals surface area contributed by atoms with E-state index < -0.39 is 0 Å². The average molecular weight is 474 g/mol. The van der Waals surface area contributed by atoms with Crippen molar-refractivity contribution in [2.45, 2.75) is 44.4 Å². The molecule has 1 amide bonds. The summed E-state index contributed by atoms with van der Waals surface area (Å²) in [5, 5.41) is 22.1. The Labute approximate surface area is 200 Å². The van der Waals surface area contributed by atoms with Gasteiger partial charge in [0.2, 0.25) is 5.91 Å². The normalized spacial score (nSPS) is 13.1. The van der Waals surface area contributed by atoms with Crippen LogP contribution in [-0.2, 0) is 11.3 Å². The van der Waals surface area contributed by atoms with Gasteiger partial charge in [-0.25, -0.2) is 0 Å². The molecule has 34 heavy (non-hydrogen) atoms. The van der Waals surface area contributed by atoms with E-state index in [0.717, 1.165) is 41.2 Å². The van der Waals surface area contributed by atoms with Crippen molar-refractivity contribution < 1.29 is 9.21 Å². The molecule has 4 aromatic rings. The second-order valence-corrected chi connectivity index (χ2v) is 9.13. The molecule has 1 fully saturated rings. The predicted molar refractivity (Wildman–Crippen MR) is 127 cm³/mol. The number of nitrogens with zero attached hydrogens (tertiary/aromatic N) is 6. The first-order valence-electron chi connectivity index (χ1n) is 11.0. The number of anilines is 1. The maximum Gasteiger partial charge on any atom is 0.235 e. The summed E-state index contributed by atoms with van der Waals surface area (Å²) in [4.78, 5) is 17.0. The lowest BCUT2D eigenvalue weighted by Gasteiger charge is -2.12. The lowest BCUT2D eigenvalue weighted by atomic mass is 10.2. The monoisotopic (exact) mass is 473 g/mol. The second-order valence-electron chi connectivity index (χ2n) is 8.19. The van der Waals surface area contributed by atoms with Crippen molar-refractivity contribution in [3.8, 4) is 17.5 Å². The number of nitrogens with one attached hydrogen (secondary N) is 1. The standard InChI is InChI=1S/C24H23N7O2S/c1-15-16(2)30(13-19-4-3-11-33-19)23(20(15)12-25)27-21(32)14-34-24-29-28-22(31(24)18-5-6-18)17-7-9-26-10-8-17/h3-4,7-11,18H,5-6,13-14H2,1-2H3,(H,27,32). The van der Waals surface area contributed by atoms with Gasteiger partial charge in [0.1, 0.15) is 17.6 Å². The molecular formula is C24H23N7O2S. The van der Waals surface area contributed by atoms with Crippen LogP contribution in [0.15, 0.2) is 52.5 Å². The van der Waals surface area contributed by atoms with Crippen LogP contribution in [0.1, 0.15) is 41.5 Å². The van der Waals surface area contributed by atoms with Gasteiger partial charge in [0.15, 0.2) is 11.0 Å². The van der Waals surface area contributed by atoms with Crippen molar-refractivity contribution >= 4 is 23.5 Å². The van der Waals surface area contributed by atoms with E-state index >= 15 is 0 Å². The summed E-state index contributed by atoms with van der Waals surface area (Å²) in [6.45, 7) is 4.24. The van der Waals surface area contributed by atoms with Gasteiger partial charge < -0.3 is 14.3 Å². The number of thioether (sulfide) groups is 1. The third-order valence-corrected chi connectivity index (χ3v) is 6.88. The van der Waals surface area contributed by atoms with Gasteiger partial charge in [-0.3, -0.25) is 14.3 Å². The Morgan fingerprint density at radius 3 is 2.74 bits per heavy atom. The molecule has 1 saturated carbocycles. The van der Waals surface area contributed by atoms with E-state index in [1.54, 1.807) is 18.7 Å². The molecule has 0 atom stereocenters. The van der Waals surface area contributed by atoms with Crippen LogP contribution < -0.4 is 5.32 Å². The number of aromatic nitrogens is 5. The quantitative estimate of drug-likeness (QED) is 0.379. The summed E-state index contributed by atoms with van der Waals surface area (Å²) in [5.74, 6) is 1.96. The average Bonchev–Trinajstić information content (AvgIpc) is 3.30. The minimum absolute atomic E-state index is 0.149. The minimum atomic E-state index is -0.212. The van der Waals surface area contributed by atoms with Crippen LogP contribution in [0.4, 0.5) is 5.82 Å². The molecule has 5 rings (SSSR count). The van der Waals surface area contributed by atoms with Crippen LogP contribution in [0, 0.1) is 25.2 Å². The van der Waals surface area contributed by atoms with Crippen molar-refractivity contribution in [3.63, 3.8) is 0 Å². The second kappa shape index (κ2) is 9.19. The van der Waals surface area contributed by atoms with E-state index in [0.29, 0.717) is 29.1 Å². The Bertz CT molecular complexity index is 1360. The highest BCUT2D eigenvalue weighted by Gasteiger charge is 2.30. The fourth-order valence-corrected chi connectivity index (χ4v) is 4.73. The summed E-state index contributed by atoms with van der Waals surface area (Å²) < 4.78 is 9.50. The smallest absolute Gasteiger partial charge is 0.235 e. The SMILES string of the molecule is Cc1c(C#N)c(NC(=O)CSc2nnc(-c3ccncc3)n2C2CC2)n(Cc2ccco2)c1C. The number of nitriles is 1. The van der Waals surface area contributed by atoms with Crippen LogP contribution in [0.2, 0.25) is 0 Å². The van der Waals surface area contributed by atoms with Crippen LogP contribution in [0.5, 0.6) is 0 Å². The van der Waals surface area contributed by atoms with Crippen molar-refractivity contribution in [1.29, 1.82) is 5.26 Å². The Morgan fingerprint density at radius 2 is 2.06 bits per heavy atom. The van der Waals surface area contributed by atoms with E-state index in [1.165, 1.54) is 11.8 Å². The van der Waals surface area contributed by atoms with Gasteiger partial charge in [0, 0.05) is 29.7 Å². The lowest BCUT2D eigenvalue weighted by molar-refractivity contribution is -0.113. The summed E-state index contributed by atoms with van der Waals surface area (Å²) in [6.07, 6.45) is 7.21. The fraction of sp³-hybridized carbons (Fsp3) is 0.292. The zero-order valence-electron chi connectivity index (χ0n) is 18.9. The molecule has 10 heteroatoms. The minimum Gasteiger partial charge on any atom is -0.467 e. The zero-order chi connectivity index (χ0) is 23.7. The molecule has 0 radical (unpaired) electrons. The Kier molecular flexibility index (Phi) is 5.94. The van der Waals surface area contributed by atoms with Crippen LogP contribution in [0.25, 0.3) is 11.4 Å². The molecule has 0 aliphatic heterocycles. The molecule has 0 spiro atoms. The van der Waals surface area contributed by atoms with Gasteiger partial charge in [-0.1, -0.05) is 11.8 Å². The molecule has 1 aliphatic carbocycles. The van der Waals surface area contributed by atoms with Gasteiger partial charge >= 0.3 is 0 Å². The molecule has 4 aromatic heterocycles. The fourth-order valence-electron chi connectivity index (χ4n) is 3.92. The van der Waals surface area contributed by atoms with E-state index in [9.17, 15) is 10.1 Å². The van der Waals surface area contributed by atoms with E-state index in [1.807, 2.05) is 42.7 Å². The maximum atomic E-state index is 13.0. The highest BCUT2D eigenvalue weighted by Crippen LogP contribution is 2.41. The van der Waals surface area contributed by atoms with Crippen molar-refractivity contribution in [1.82, 2.24) is 24.3 Å². The van der Waals surface area contributed by atoms with Crippen molar-refractivity contribution in [3.05, 3.63) is 65.5 Å². The Hall–Kier alpha value is -3.84. The number of hydrogen-bond donors (Lipinski definition) is 1. The van der Waals surface area contributed by atoms with Gasteiger partial charge in [-0.2, -0.15) is 5.26 Å². The zero-order valence-corrected chi connectivity index (χ0v) is 19.7. The van der Waals surface area contributed by atoms with E-state index in [2.05, 4.69) is 31.1 Å². The molecule has 172 valence electrons. The number of carbonyl (C=O) groups excluding carboxylic acids is 1. The Balaban J connectivity index is 1.35. The molecule has 0 aromatic carbocycles. The number of furan rings is 1. The number of carbonyl (C=O) groups is 1. The molecule has 4 heterocycles. The third-order valence-electron chi connectivity index (χ3n) is 5.94. The summed E-state index contributed by atoms with van der Waals surface area (Å²) >= 11 is 1.34. The largest absolute Gasteiger partial charge is 0.467 e. The van der Waals surface area contributed by atoms with E-state index in [-0.39, 0.29) is 11.7 Å². The maximum absolute atomic E-state index is 13.0. The van der Waals surface area contributed by atoms with Crippen molar-refractivity contribution in [2.24, 2.45) is 0 Å². The summed E-state index contributed by atoms with van der Waals surface area (Å²) in [7, 11) is 0. The van der Waals surface area contributed by atoms with Crippen molar-refractivity contribution in [2.75, 3.05) is 11.1 Å². The first-order valence-corrected chi connectivity index (χ1v) is 12.0. The van der Waals surface area contributed by atoms with Gasteiger partial charge in [-0.15, -0.1) is 10.2 Å². The molecule has 0 saturated heterocycles.